The predicted octanol–water partition coefficient (Wildman–Crippen LogP) is 4.31. The van der Waals surface area contributed by atoms with Crippen molar-refractivity contribution in [1.82, 2.24) is 10.6 Å². The number of rotatable bonds is 9. The molecule has 0 aromatic heterocycles. The molecular formula is C30H32Cl2N4O7S. The predicted molar refractivity (Wildman–Crippen MR) is 170 cm³/mol. The maximum absolute atomic E-state index is 13.8. The maximum Gasteiger partial charge on any atom is 0.296 e. The van der Waals surface area contributed by atoms with Gasteiger partial charge in [0.05, 0.1) is 22.5 Å². The number of hydrogen-bond donors (Lipinski definition) is 5. The summed E-state index contributed by atoms with van der Waals surface area (Å²) in [6.45, 7) is 5.45. The van der Waals surface area contributed by atoms with Crippen LogP contribution in [0.15, 0.2) is 35.2 Å². The lowest BCUT2D eigenvalue weighted by atomic mass is 9.82. The van der Waals surface area contributed by atoms with Gasteiger partial charge in [0.25, 0.3) is 10.1 Å². The highest BCUT2D eigenvalue weighted by Crippen LogP contribution is 2.42. The van der Waals surface area contributed by atoms with Gasteiger partial charge in [-0.25, -0.2) is 0 Å². The Kier molecular flexibility index (Phi) is 10.5. The van der Waals surface area contributed by atoms with Crippen molar-refractivity contribution in [2.24, 2.45) is 0 Å². The van der Waals surface area contributed by atoms with E-state index in [0.29, 0.717) is 27.9 Å². The van der Waals surface area contributed by atoms with E-state index in [1.165, 1.54) is 12.1 Å². The van der Waals surface area contributed by atoms with Crippen LogP contribution in [0.2, 0.25) is 0 Å². The Labute approximate surface area is 265 Å². The molecule has 0 radical (unpaired) electrons. The molecule has 0 heterocycles. The van der Waals surface area contributed by atoms with Crippen molar-refractivity contribution in [2.45, 2.75) is 46.2 Å². The summed E-state index contributed by atoms with van der Waals surface area (Å²) in [5.41, 5.74) is 8.81. The first-order valence-electron chi connectivity index (χ1n) is 12.9. The second-order valence-electron chi connectivity index (χ2n) is 9.92. The quantitative estimate of drug-likeness (QED) is 0.0989. The summed E-state index contributed by atoms with van der Waals surface area (Å²) in [5, 5.41) is 8.56. The highest BCUT2D eigenvalue weighted by Gasteiger charge is 2.37. The number of carbonyl (C=O) groups excluding carboxylic acids is 4. The van der Waals surface area contributed by atoms with Crippen LogP contribution in [0.25, 0.3) is 0 Å². The van der Waals surface area contributed by atoms with Crippen LogP contribution in [0, 0.1) is 20.8 Å². The standard InChI is InChI=1S/C29H28Cl2N4O7S.CH4/c1-13-18(11-33-22(36)9-30)14(2)27(15(3)19(13)12-34-23(37)10-31)35-20-8-21(43(40,41)42)26(32)25-24(20)28(38)16-6-4-5-7-17(16)29(25)39;/h4-8,35H,9-12,32H2,1-3H3,(H,33,36)(H,34,37)(H,40,41,42);1H4. The molecule has 1 aliphatic rings. The minimum atomic E-state index is -4.93. The molecule has 0 bridgehead atoms. The average Bonchev–Trinajstić information content (AvgIpc) is 2.97. The van der Waals surface area contributed by atoms with E-state index in [-0.39, 0.29) is 60.2 Å². The summed E-state index contributed by atoms with van der Waals surface area (Å²) in [5.74, 6) is -2.61. The Morgan fingerprint density at radius 2 is 1.30 bits per heavy atom. The van der Waals surface area contributed by atoms with Crippen molar-refractivity contribution >= 4 is 73.8 Å². The lowest BCUT2D eigenvalue weighted by molar-refractivity contribution is -0.119. The van der Waals surface area contributed by atoms with Crippen LogP contribution in [0.1, 0.15) is 67.1 Å². The molecule has 0 saturated carbocycles. The van der Waals surface area contributed by atoms with Crippen molar-refractivity contribution in [3.8, 4) is 0 Å². The first-order valence-corrected chi connectivity index (χ1v) is 15.4. The van der Waals surface area contributed by atoms with E-state index in [0.717, 1.165) is 11.6 Å². The monoisotopic (exact) mass is 662 g/mol. The summed E-state index contributed by atoms with van der Waals surface area (Å²) in [6, 6.07) is 7.07. The van der Waals surface area contributed by atoms with Gasteiger partial charge in [0, 0.05) is 29.9 Å². The first-order chi connectivity index (χ1) is 20.2. The van der Waals surface area contributed by atoms with Crippen molar-refractivity contribution in [1.29, 1.82) is 0 Å². The SMILES string of the molecule is C.Cc1c(CNC(=O)CCl)c(C)c(Nc2cc(S(=O)(=O)O)c(N)c3c2C(=O)c2ccccc2C3=O)c(C)c1CNC(=O)CCl. The number of benzene rings is 3. The van der Waals surface area contributed by atoms with E-state index in [2.05, 4.69) is 16.0 Å². The smallest absolute Gasteiger partial charge is 0.296 e. The minimum absolute atomic E-state index is 0. The number of halogens is 2. The zero-order valence-corrected chi connectivity index (χ0v) is 25.7. The Balaban J connectivity index is 0.00000529. The molecule has 1 aliphatic carbocycles. The van der Waals surface area contributed by atoms with E-state index in [1.807, 2.05) is 6.92 Å². The second-order valence-corrected chi connectivity index (χ2v) is 11.8. The van der Waals surface area contributed by atoms with E-state index in [4.69, 9.17) is 28.9 Å². The lowest BCUT2D eigenvalue weighted by Gasteiger charge is -2.27. The van der Waals surface area contributed by atoms with Gasteiger partial charge in [-0.15, -0.1) is 23.2 Å². The molecule has 0 unspecified atom stereocenters. The van der Waals surface area contributed by atoms with Gasteiger partial charge in [-0.3, -0.25) is 23.7 Å². The molecule has 4 rings (SSSR count). The summed E-state index contributed by atoms with van der Waals surface area (Å²) < 4.78 is 34.7. The molecule has 0 spiro atoms. The van der Waals surface area contributed by atoms with Gasteiger partial charge < -0.3 is 21.7 Å². The van der Waals surface area contributed by atoms with Crippen LogP contribution in [-0.4, -0.2) is 48.1 Å². The number of alkyl halides is 2. The molecule has 0 aliphatic heterocycles. The molecule has 3 aromatic carbocycles. The Hall–Kier alpha value is -3.97. The zero-order valence-electron chi connectivity index (χ0n) is 23.4. The molecule has 14 heteroatoms. The molecule has 11 nitrogen and oxygen atoms in total. The zero-order chi connectivity index (χ0) is 31.8. The van der Waals surface area contributed by atoms with Crippen LogP contribution in [0.5, 0.6) is 0 Å². The molecule has 2 amide bonds. The van der Waals surface area contributed by atoms with Crippen LogP contribution in [0.3, 0.4) is 0 Å². The topological polar surface area (TPSA) is 185 Å². The van der Waals surface area contributed by atoms with Gasteiger partial charge >= 0.3 is 0 Å². The van der Waals surface area contributed by atoms with Gasteiger partial charge in [0.15, 0.2) is 11.6 Å². The Bertz CT molecular complexity index is 1780. The van der Waals surface area contributed by atoms with E-state index in [1.54, 1.807) is 26.0 Å². The number of fused-ring (bicyclic) bond motifs is 2. The second kappa shape index (κ2) is 13.3. The van der Waals surface area contributed by atoms with E-state index >= 15 is 0 Å². The Morgan fingerprint density at radius 1 is 0.841 bits per heavy atom. The Morgan fingerprint density at radius 3 is 1.73 bits per heavy atom. The number of amides is 2. The number of nitrogens with one attached hydrogen (secondary N) is 3. The van der Waals surface area contributed by atoms with Crippen molar-refractivity contribution in [3.05, 3.63) is 80.4 Å². The fourth-order valence-electron chi connectivity index (χ4n) is 5.25. The lowest BCUT2D eigenvalue weighted by Crippen LogP contribution is -2.27. The first kappa shape index (κ1) is 34.5. The van der Waals surface area contributed by atoms with Crippen LogP contribution >= 0.6 is 23.2 Å². The van der Waals surface area contributed by atoms with Gasteiger partial charge in [0.1, 0.15) is 16.7 Å². The third kappa shape index (κ3) is 6.29. The third-order valence-electron chi connectivity index (χ3n) is 7.47. The summed E-state index contributed by atoms with van der Waals surface area (Å²) in [6.07, 6.45) is 0. The van der Waals surface area contributed by atoms with Gasteiger partial charge in [-0.1, -0.05) is 31.7 Å². The number of nitrogen functional groups attached to an aromatic ring is 1. The third-order valence-corrected chi connectivity index (χ3v) is 8.84. The molecule has 6 N–H and O–H groups in total. The van der Waals surface area contributed by atoms with Crippen molar-refractivity contribution in [2.75, 3.05) is 22.8 Å². The summed E-state index contributed by atoms with van der Waals surface area (Å²) in [4.78, 5) is 50.6. The van der Waals surface area contributed by atoms with Crippen molar-refractivity contribution < 1.29 is 32.1 Å². The van der Waals surface area contributed by atoms with Gasteiger partial charge in [-0.05, 0) is 54.7 Å². The fraction of sp³-hybridized carbons (Fsp3) is 0.267. The molecule has 44 heavy (non-hydrogen) atoms. The molecule has 0 saturated heterocycles. The maximum atomic E-state index is 13.8. The molecule has 0 fully saturated rings. The van der Waals surface area contributed by atoms with Crippen LogP contribution < -0.4 is 21.7 Å². The molecule has 0 atom stereocenters. The fourth-order valence-corrected chi connectivity index (χ4v) is 6.09. The van der Waals surface area contributed by atoms with Crippen molar-refractivity contribution in [3.63, 3.8) is 0 Å². The number of carbonyl (C=O) groups is 4. The summed E-state index contributed by atoms with van der Waals surface area (Å²) >= 11 is 11.3. The van der Waals surface area contributed by atoms with E-state index < -0.39 is 44.1 Å². The largest absolute Gasteiger partial charge is 0.397 e. The highest BCUT2D eigenvalue weighted by atomic mass is 35.5. The molecule has 234 valence electrons. The number of ketones is 2. The molecular weight excluding hydrogens is 631 g/mol. The minimum Gasteiger partial charge on any atom is -0.397 e. The van der Waals surface area contributed by atoms with Gasteiger partial charge in [-0.2, -0.15) is 8.42 Å². The summed E-state index contributed by atoms with van der Waals surface area (Å²) in [7, 11) is -4.93. The highest BCUT2D eigenvalue weighted by molar-refractivity contribution is 7.86. The van der Waals surface area contributed by atoms with Crippen LogP contribution in [-0.2, 0) is 32.8 Å². The number of anilines is 3. The van der Waals surface area contributed by atoms with Crippen LogP contribution in [0.4, 0.5) is 17.1 Å². The average molecular weight is 664 g/mol. The molecule has 3 aromatic rings. The normalized spacial score (nSPS) is 12.1. The van der Waals surface area contributed by atoms with Gasteiger partial charge in [0.2, 0.25) is 11.8 Å². The number of hydrogen-bond acceptors (Lipinski definition) is 8. The number of nitrogens with two attached hydrogens (primary N) is 1. The van der Waals surface area contributed by atoms with E-state index in [9.17, 15) is 32.1 Å².